The van der Waals surface area contributed by atoms with E-state index in [4.69, 9.17) is 0 Å². The van der Waals surface area contributed by atoms with Crippen LogP contribution in [0.1, 0.15) is 22.3 Å². The maximum absolute atomic E-state index is 15.8. The first kappa shape index (κ1) is 35.5. The van der Waals surface area contributed by atoms with E-state index in [2.05, 4.69) is 5.92 Å². The van der Waals surface area contributed by atoms with E-state index in [0.29, 0.717) is 11.6 Å². The number of rotatable bonds is 4. The lowest BCUT2D eigenvalue weighted by Gasteiger charge is -2.40. The summed E-state index contributed by atoms with van der Waals surface area (Å²) in [6.07, 6.45) is 0. The van der Waals surface area contributed by atoms with E-state index in [-0.39, 0.29) is 34.2 Å². The Balaban J connectivity index is 1.36. The summed E-state index contributed by atoms with van der Waals surface area (Å²) in [6.45, 7) is 3.12. The highest BCUT2D eigenvalue weighted by Gasteiger charge is 2.68. The molecular formula is C38H20F12S. The van der Waals surface area contributed by atoms with Crippen LogP contribution in [0, 0.1) is 66.4 Å². The molecule has 0 spiro atoms. The van der Waals surface area contributed by atoms with Crippen molar-refractivity contribution in [3.05, 3.63) is 148 Å². The zero-order valence-corrected chi connectivity index (χ0v) is 26.8. The lowest BCUT2D eigenvalue weighted by Crippen LogP contribution is -2.11. The van der Waals surface area contributed by atoms with Gasteiger partial charge in [0.25, 0.3) is 0 Å². The molecule has 0 saturated carbocycles. The van der Waals surface area contributed by atoms with Gasteiger partial charge in [0, 0.05) is 11.1 Å². The van der Waals surface area contributed by atoms with Crippen molar-refractivity contribution >= 4 is 21.0 Å². The predicted octanol–water partition coefficient (Wildman–Crippen LogP) is 13.5. The van der Waals surface area contributed by atoms with Crippen LogP contribution in [0.2, 0.25) is 0 Å². The molecule has 262 valence electrons. The molecule has 0 saturated heterocycles. The van der Waals surface area contributed by atoms with Gasteiger partial charge >= 0.3 is 10.2 Å². The van der Waals surface area contributed by atoms with Gasteiger partial charge in [0.1, 0.15) is 40.7 Å². The van der Waals surface area contributed by atoms with Crippen molar-refractivity contribution in [3.63, 3.8) is 0 Å². The van der Waals surface area contributed by atoms with Crippen molar-refractivity contribution in [1.82, 2.24) is 0 Å². The van der Waals surface area contributed by atoms with Crippen LogP contribution in [0.4, 0.5) is 50.2 Å². The zero-order valence-electron chi connectivity index (χ0n) is 26.0. The van der Waals surface area contributed by atoms with Crippen LogP contribution >= 0.6 is 10.2 Å². The first-order valence-electron chi connectivity index (χ1n) is 14.6. The lowest BCUT2D eigenvalue weighted by atomic mass is 9.93. The first-order valence-corrected chi connectivity index (χ1v) is 16.6. The second-order valence-electron chi connectivity index (χ2n) is 11.8. The smallest absolute Gasteiger partial charge is 0.206 e. The molecule has 13 heteroatoms. The monoisotopic (exact) mass is 736 g/mol. The molecule has 0 N–H and O–H groups in total. The third-order valence-electron chi connectivity index (χ3n) is 8.04. The van der Waals surface area contributed by atoms with Crippen LogP contribution in [-0.2, 0) is 0 Å². The maximum atomic E-state index is 15.8. The van der Waals surface area contributed by atoms with Gasteiger partial charge in [0.15, 0.2) is 4.90 Å². The standard InChI is InChI=1S/C38H20F12S/c1-19-3-6-22(7-4-19)23-8-10-28(30(40)15-23)24-14-26-18-32(42)35(37(45)36(26)31(41)16-24)25-11-20(2)27(29(39)17-25)9-5-21-12-33(43)38(34(44)13-21)51(46,47,48,49)50/h3-4,6-8,10-18H,1-2H3. The van der Waals surface area contributed by atoms with Gasteiger partial charge < -0.3 is 0 Å². The average Bonchev–Trinajstić information content (AvgIpc) is 2.98. The number of halogens is 12. The molecule has 0 aliphatic rings. The Hall–Kier alpha value is -5.35. The molecule has 0 atom stereocenters. The fourth-order valence-corrected chi connectivity index (χ4v) is 6.54. The van der Waals surface area contributed by atoms with E-state index >= 15 is 22.0 Å². The van der Waals surface area contributed by atoms with E-state index in [0.717, 1.165) is 29.3 Å². The Morgan fingerprint density at radius 2 is 1.08 bits per heavy atom. The number of fused-ring (bicyclic) bond motifs is 1. The summed E-state index contributed by atoms with van der Waals surface area (Å²) >= 11 is 0. The minimum absolute atomic E-state index is 0.00713. The molecule has 6 aromatic carbocycles. The number of aryl methyl sites for hydroxylation is 2. The minimum Gasteiger partial charge on any atom is -0.206 e. The second-order valence-corrected chi connectivity index (χ2v) is 14.1. The highest BCUT2D eigenvalue weighted by Crippen LogP contribution is 3.02. The van der Waals surface area contributed by atoms with Crippen LogP contribution < -0.4 is 0 Å². The van der Waals surface area contributed by atoms with Crippen LogP contribution in [0.3, 0.4) is 0 Å². The Kier molecular flexibility index (Phi) is 8.07. The molecule has 0 aliphatic carbocycles. The molecule has 0 bridgehead atoms. The molecule has 0 aromatic heterocycles. The molecule has 0 fully saturated rings. The van der Waals surface area contributed by atoms with Gasteiger partial charge in [0.2, 0.25) is 0 Å². The van der Waals surface area contributed by atoms with Crippen molar-refractivity contribution in [2.75, 3.05) is 0 Å². The Labute approximate surface area is 282 Å². The summed E-state index contributed by atoms with van der Waals surface area (Å²) < 4.78 is 170. The Bertz CT molecular complexity index is 2450. The molecule has 0 aliphatic heterocycles. The summed E-state index contributed by atoms with van der Waals surface area (Å²) in [7, 11) is -10.7. The van der Waals surface area contributed by atoms with Crippen LogP contribution in [-0.4, -0.2) is 0 Å². The molecule has 0 heterocycles. The van der Waals surface area contributed by atoms with Crippen molar-refractivity contribution in [1.29, 1.82) is 0 Å². The molecule has 0 amide bonds. The maximum Gasteiger partial charge on any atom is 0.315 e. The molecule has 0 nitrogen and oxygen atoms in total. The highest BCUT2D eigenvalue weighted by atomic mass is 32.5. The van der Waals surface area contributed by atoms with Crippen LogP contribution in [0.5, 0.6) is 0 Å². The number of benzene rings is 6. The fourth-order valence-electron chi connectivity index (χ4n) is 5.69. The molecule has 0 unspecified atom stereocenters. The van der Waals surface area contributed by atoms with Gasteiger partial charge in [-0.3, -0.25) is 0 Å². The van der Waals surface area contributed by atoms with E-state index in [1.165, 1.54) is 25.1 Å². The van der Waals surface area contributed by atoms with Crippen molar-refractivity contribution in [3.8, 4) is 45.2 Å². The van der Waals surface area contributed by atoms with E-state index in [1.54, 1.807) is 18.2 Å². The topological polar surface area (TPSA) is 0 Å². The van der Waals surface area contributed by atoms with Gasteiger partial charge in [-0.2, -0.15) is 0 Å². The van der Waals surface area contributed by atoms with Gasteiger partial charge in [-0.15, -0.1) is 0 Å². The van der Waals surface area contributed by atoms with E-state index in [9.17, 15) is 28.2 Å². The fraction of sp³-hybridized carbons (Fsp3) is 0.0526. The van der Waals surface area contributed by atoms with Gasteiger partial charge in [-0.1, -0.05) is 73.2 Å². The van der Waals surface area contributed by atoms with Gasteiger partial charge in [-0.25, -0.2) is 30.7 Å². The third kappa shape index (κ3) is 6.88. The zero-order chi connectivity index (χ0) is 37.3. The van der Waals surface area contributed by atoms with Crippen molar-refractivity contribution in [2.45, 2.75) is 18.7 Å². The molecule has 6 rings (SSSR count). The number of hydrogen-bond acceptors (Lipinski definition) is 0. The largest absolute Gasteiger partial charge is 0.315 e. The van der Waals surface area contributed by atoms with E-state index in [1.807, 2.05) is 25.0 Å². The Morgan fingerprint density at radius 3 is 1.67 bits per heavy atom. The van der Waals surface area contributed by atoms with Crippen LogP contribution in [0.25, 0.3) is 44.2 Å². The normalized spacial score (nSPS) is 13.1. The Morgan fingerprint density at radius 1 is 0.490 bits per heavy atom. The van der Waals surface area contributed by atoms with Crippen molar-refractivity contribution in [2.24, 2.45) is 0 Å². The minimum atomic E-state index is -10.7. The van der Waals surface area contributed by atoms with Gasteiger partial charge in [0.05, 0.1) is 16.5 Å². The molecular weight excluding hydrogens is 716 g/mol. The summed E-state index contributed by atoms with van der Waals surface area (Å²) in [5.41, 5.74) is -0.461. The second kappa shape index (κ2) is 11.6. The SMILES string of the molecule is Cc1ccc(-c2ccc(-c3cc(F)c4c(F)c(-c5cc(C)c(C#Cc6cc(F)c(S(F)(F)(F)(F)F)c(F)c6)c(F)c5)c(F)cc4c3)c(F)c2)cc1. The highest BCUT2D eigenvalue weighted by molar-refractivity contribution is 8.45. The molecule has 6 aromatic rings. The first-order chi connectivity index (χ1) is 23.6. The number of hydrogen-bond donors (Lipinski definition) is 0. The summed E-state index contributed by atoms with van der Waals surface area (Å²) in [4.78, 5) is -3.35. The van der Waals surface area contributed by atoms with E-state index < -0.39 is 83.5 Å². The quantitative estimate of drug-likeness (QED) is 0.125. The van der Waals surface area contributed by atoms with Crippen LogP contribution in [0.15, 0.2) is 89.8 Å². The lowest BCUT2D eigenvalue weighted by molar-refractivity contribution is 0.344. The summed E-state index contributed by atoms with van der Waals surface area (Å²) in [6, 6.07) is 15.9. The van der Waals surface area contributed by atoms with Gasteiger partial charge in [-0.05, 0) is 95.6 Å². The molecule has 51 heavy (non-hydrogen) atoms. The average molecular weight is 737 g/mol. The summed E-state index contributed by atoms with van der Waals surface area (Å²) in [5.74, 6) is -6.91. The van der Waals surface area contributed by atoms with Crippen molar-refractivity contribution < 1.29 is 50.2 Å². The predicted molar refractivity (Wildman–Crippen MR) is 173 cm³/mol. The third-order valence-corrected chi connectivity index (χ3v) is 9.20. The molecule has 0 radical (unpaired) electrons. The summed E-state index contributed by atoms with van der Waals surface area (Å²) in [5, 5.41) is -0.936.